The highest BCUT2D eigenvalue weighted by Gasteiger charge is 2.10. The van der Waals surface area contributed by atoms with E-state index in [2.05, 4.69) is 31.9 Å². The maximum Gasteiger partial charge on any atom is 0.207 e. The van der Waals surface area contributed by atoms with Gasteiger partial charge in [-0.25, -0.2) is 4.98 Å². The minimum Gasteiger partial charge on any atom is -0.354 e. The molecule has 0 bridgehead atoms. The van der Waals surface area contributed by atoms with Crippen LogP contribution in [-0.4, -0.2) is 40.6 Å². The maximum atomic E-state index is 4.41. The third-order valence-electron chi connectivity index (χ3n) is 3.83. The fourth-order valence-corrected chi connectivity index (χ4v) is 2.74. The molecule has 2 aromatic rings. The Labute approximate surface area is 120 Å². The molecule has 1 saturated heterocycles. The summed E-state index contributed by atoms with van der Waals surface area (Å²) in [7, 11) is 0. The molecule has 0 amide bonds. The van der Waals surface area contributed by atoms with E-state index in [1.54, 1.807) is 0 Å². The van der Waals surface area contributed by atoms with Crippen molar-refractivity contribution >= 4 is 5.95 Å². The zero-order chi connectivity index (χ0) is 13.6. The van der Waals surface area contributed by atoms with Gasteiger partial charge in [0, 0.05) is 31.2 Å². The van der Waals surface area contributed by atoms with E-state index in [1.807, 2.05) is 30.6 Å². The molecule has 20 heavy (non-hydrogen) atoms. The van der Waals surface area contributed by atoms with E-state index in [0.29, 0.717) is 0 Å². The van der Waals surface area contributed by atoms with Crippen molar-refractivity contribution in [3.8, 4) is 5.69 Å². The number of para-hydroxylation sites is 1. The summed E-state index contributed by atoms with van der Waals surface area (Å²) in [5.74, 6) is 0.924. The van der Waals surface area contributed by atoms with Gasteiger partial charge in [0.15, 0.2) is 0 Å². The van der Waals surface area contributed by atoms with Crippen LogP contribution in [0.2, 0.25) is 0 Å². The second kappa shape index (κ2) is 6.57. The zero-order valence-corrected chi connectivity index (χ0v) is 11.8. The summed E-state index contributed by atoms with van der Waals surface area (Å²) in [6, 6.07) is 10.3. The summed E-state index contributed by atoms with van der Waals surface area (Å²) in [6.45, 7) is 4.54. The number of aromatic nitrogens is 2. The first-order chi connectivity index (χ1) is 9.93. The highest BCUT2D eigenvalue weighted by molar-refractivity contribution is 5.41. The number of imidazole rings is 1. The molecule has 0 spiro atoms. The van der Waals surface area contributed by atoms with Crippen LogP contribution in [0.3, 0.4) is 0 Å². The van der Waals surface area contributed by atoms with Crippen molar-refractivity contribution in [2.24, 2.45) is 0 Å². The van der Waals surface area contributed by atoms with Gasteiger partial charge < -0.3 is 10.2 Å². The van der Waals surface area contributed by atoms with E-state index in [4.69, 9.17) is 0 Å². The first-order valence-corrected chi connectivity index (χ1v) is 7.48. The molecule has 1 aliphatic heterocycles. The van der Waals surface area contributed by atoms with Gasteiger partial charge in [-0.05, 0) is 38.1 Å². The van der Waals surface area contributed by atoms with E-state index in [-0.39, 0.29) is 0 Å². The molecule has 0 aliphatic carbocycles. The fraction of sp³-hybridized carbons (Fsp3) is 0.438. The van der Waals surface area contributed by atoms with Crippen LogP contribution >= 0.6 is 0 Å². The number of hydrogen-bond acceptors (Lipinski definition) is 3. The lowest BCUT2D eigenvalue weighted by atomic mass is 10.1. The molecule has 1 aromatic carbocycles. The lowest BCUT2D eigenvalue weighted by Gasteiger charge is -2.26. The Balaban J connectivity index is 1.57. The second-order valence-electron chi connectivity index (χ2n) is 5.29. The molecule has 1 aliphatic rings. The normalized spacial score (nSPS) is 16.2. The van der Waals surface area contributed by atoms with E-state index >= 15 is 0 Å². The number of piperidine rings is 1. The predicted molar refractivity (Wildman–Crippen MR) is 82.3 cm³/mol. The minimum atomic E-state index is 0.924. The Morgan fingerprint density at radius 1 is 1.05 bits per heavy atom. The number of likely N-dealkylation sites (tertiary alicyclic amines) is 1. The number of hydrogen-bond donors (Lipinski definition) is 1. The standard InChI is InChI=1S/C16H22N4/c1-3-7-15(8-4-1)20-14-10-18-16(20)17-9-13-19-11-5-2-6-12-19/h1,3-4,7-8,10,14H,2,5-6,9,11-13H2,(H,17,18). The van der Waals surface area contributed by atoms with E-state index < -0.39 is 0 Å². The van der Waals surface area contributed by atoms with Gasteiger partial charge in [0.2, 0.25) is 5.95 Å². The third-order valence-corrected chi connectivity index (χ3v) is 3.83. The van der Waals surface area contributed by atoms with E-state index in [0.717, 1.165) is 24.7 Å². The van der Waals surface area contributed by atoms with Gasteiger partial charge in [0.05, 0.1) is 0 Å². The first kappa shape index (κ1) is 13.2. The van der Waals surface area contributed by atoms with Crippen molar-refractivity contribution in [3.63, 3.8) is 0 Å². The van der Waals surface area contributed by atoms with E-state index in [9.17, 15) is 0 Å². The lowest BCUT2D eigenvalue weighted by Crippen LogP contribution is -2.34. The largest absolute Gasteiger partial charge is 0.354 e. The van der Waals surface area contributed by atoms with Crippen LogP contribution < -0.4 is 5.32 Å². The van der Waals surface area contributed by atoms with Gasteiger partial charge in [-0.15, -0.1) is 0 Å². The molecule has 2 heterocycles. The average Bonchev–Trinajstić information content (AvgIpc) is 2.98. The van der Waals surface area contributed by atoms with Crippen LogP contribution in [0.15, 0.2) is 42.7 Å². The smallest absolute Gasteiger partial charge is 0.207 e. The molecule has 0 unspecified atom stereocenters. The zero-order valence-electron chi connectivity index (χ0n) is 11.8. The SMILES string of the molecule is c1ccc(-n2ccnc2NCCN2CCCCC2)cc1. The van der Waals surface area contributed by atoms with Crippen LogP contribution in [0.25, 0.3) is 5.69 Å². The molecule has 3 rings (SSSR count). The van der Waals surface area contributed by atoms with Crippen molar-refractivity contribution in [1.29, 1.82) is 0 Å². The Hall–Kier alpha value is -1.81. The molecule has 0 saturated carbocycles. The summed E-state index contributed by atoms with van der Waals surface area (Å²) in [5, 5.41) is 3.45. The van der Waals surface area contributed by atoms with Gasteiger partial charge in [0.1, 0.15) is 0 Å². The number of nitrogens with zero attached hydrogens (tertiary/aromatic N) is 3. The molecule has 106 valence electrons. The van der Waals surface area contributed by atoms with Gasteiger partial charge in [-0.3, -0.25) is 4.57 Å². The quantitative estimate of drug-likeness (QED) is 0.907. The number of benzene rings is 1. The van der Waals surface area contributed by atoms with Crippen LogP contribution in [0.1, 0.15) is 19.3 Å². The first-order valence-electron chi connectivity index (χ1n) is 7.48. The minimum absolute atomic E-state index is 0.924. The van der Waals surface area contributed by atoms with Crippen molar-refractivity contribution in [2.75, 3.05) is 31.5 Å². The Bertz CT molecular complexity index is 514. The number of rotatable bonds is 5. The fourth-order valence-electron chi connectivity index (χ4n) is 2.74. The van der Waals surface area contributed by atoms with Crippen LogP contribution in [0, 0.1) is 0 Å². The number of nitrogens with one attached hydrogen (secondary N) is 1. The topological polar surface area (TPSA) is 33.1 Å². The lowest BCUT2D eigenvalue weighted by molar-refractivity contribution is 0.237. The van der Waals surface area contributed by atoms with Crippen molar-refractivity contribution in [3.05, 3.63) is 42.7 Å². The van der Waals surface area contributed by atoms with Crippen molar-refractivity contribution in [2.45, 2.75) is 19.3 Å². The average molecular weight is 270 g/mol. The third kappa shape index (κ3) is 3.20. The molecular formula is C16H22N4. The van der Waals surface area contributed by atoms with Gasteiger partial charge in [0.25, 0.3) is 0 Å². The molecule has 4 heteroatoms. The monoisotopic (exact) mass is 270 g/mol. The van der Waals surface area contributed by atoms with Crippen LogP contribution in [-0.2, 0) is 0 Å². The van der Waals surface area contributed by atoms with Crippen LogP contribution in [0.5, 0.6) is 0 Å². The van der Waals surface area contributed by atoms with Crippen LogP contribution in [0.4, 0.5) is 5.95 Å². The van der Waals surface area contributed by atoms with E-state index in [1.165, 1.54) is 32.4 Å². The highest BCUT2D eigenvalue weighted by atomic mass is 15.2. The van der Waals surface area contributed by atoms with Gasteiger partial charge in [-0.2, -0.15) is 0 Å². The number of anilines is 1. The summed E-state index contributed by atoms with van der Waals surface area (Å²) in [5.41, 5.74) is 1.14. The molecule has 1 aromatic heterocycles. The van der Waals surface area contributed by atoms with Gasteiger partial charge >= 0.3 is 0 Å². The Kier molecular flexibility index (Phi) is 4.33. The summed E-state index contributed by atoms with van der Waals surface area (Å²) >= 11 is 0. The summed E-state index contributed by atoms with van der Waals surface area (Å²) in [4.78, 5) is 6.94. The molecule has 1 fully saturated rings. The Morgan fingerprint density at radius 3 is 2.65 bits per heavy atom. The molecule has 1 N–H and O–H groups in total. The summed E-state index contributed by atoms with van der Waals surface area (Å²) in [6.07, 6.45) is 7.93. The highest BCUT2D eigenvalue weighted by Crippen LogP contribution is 2.14. The van der Waals surface area contributed by atoms with Crippen molar-refractivity contribution in [1.82, 2.24) is 14.5 Å². The van der Waals surface area contributed by atoms with Gasteiger partial charge in [-0.1, -0.05) is 24.6 Å². The maximum absolute atomic E-state index is 4.41. The Morgan fingerprint density at radius 2 is 1.85 bits per heavy atom. The van der Waals surface area contributed by atoms with Crippen molar-refractivity contribution < 1.29 is 0 Å². The molecule has 0 atom stereocenters. The molecule has 0 radical (unpaired) electrons. The predicted octanol–water partition coefficient (Wildman–Crippen LogP) is 2.77. The summed E-state index contributed by atoms with van der Waals surface area (Å²) < 4.78 is 2.09. The second-order valence-corrected chi connectivity index (χ2v) is 5.29. The molecule has 4 nitrogen and oxygen atoms in total. The molecular weight excluding hydrogens is 248 g/mol.